The van der Waals surface area contributed by atoms with Crippen molar-refractivity contribution >= 4 is 44.1 Å². The summed E-state index contributed by atoms with van der Waals surface area (Å²) in [7, 11) is 0. The predicted molar refractivity (Wildman–Crippen MR) is 160 cm³/mol. The summed E-state index contributed by atoms with van der Waals surface area (Å²) in [4.78, 5) is 39.2. The fraction of sp³-hybridized carbons (Fsp3) is 0.0303. The van der Waals surface area contributed by atoms with Crippen molar-refractivity contribution in [3.05, 3.63) is 96.6 Å². The quantitative estimate of drug-likeness (QED) is 0.237. The van der Waals surface area contributed by atoms with E-state index in [2.05, 4.69) is 0 Å². The molecule has 9 rings (SSSR count). The molecule has 0 amide bonds. The second kappa shape index (κ2) is 9.64. The molecule has 1 radical (unpaired) electrons. The van der Waals surface area contributed by atoms with Gasteiger partial charge < -0.3 is 35.0 Å². The number of hydrogen-bond donors (Lipinski definition) is 1. The van der Waals surface area contributed by atoms with E-state index in [1.165, 1.54) is 0 Å². The minimum atomic E-state index is -0.167. The van der Waals surface area contributed by atoms with Gasteiger partial charge in [-0.1, -0.05) is 91.0 Å². The largest absolute Gasteiger partial charge is 2.00 e. The zero-order valence-electron chi connectivity index (χ0n) is 22.2. The first-order valence-electron chi connectivity index (χ1n) is 13.5. The molecule has 0 aliphatic carbocycles. The summed E-state index contributed by atoms with van der Waals surface area (Å²) < 4.78 is 0. The second-order valence-electron chi connectivity index (χ2n) is 10.1. The summed E-state index contributed by atoms with van der Waals surface area (Å²) >= 11 is 0. The minimum absolute atomic E-state index is 0. The van der Waals surface area contributed by atoms with Gasteiger partial charge in [0.25, 0.3) is 0 Å². The Kier molecular flexibility index (Phi) is 5.70. The molecule has 3 aromatic heterocycles. The van der Waals surface area contributed by atoms with Crippen LogP contribution in [-0.4, -0.2) is 35.0 Å². The van der Waals surface area contributed by atoms with Crippen LogP contribution in [0.4, 0.5) is 0 Å². The van der Waals surface area contributed by atoms with E-state index < -0.39 is 0 Å². The molecule has 7 aromatic rings. The molecule has 0 saturated heterocycles. The van der Waals surface area contributed by atoms with E-state index in [0.29, 0.717) is 51.4 Å². The Hall–Kier alpha value is -5.28. The second-order valence-corrected chi connectivity index (χ2v) is 10.1. The first-order chi connectivity index (χ1) is 20.7. The van der Waals surface area contributed by atoms with Gasteiger partial charge in [0, 0.05) is 44.8 Å². The SMILES string of the molecule is OCc1cccc2c1-c1nc-2nc2[n-]c(nc3nc(nc4[n-]c(n1)c1ccccc41)-c1ccccc1-3)c1ccccc21.[Cu+2]. The zero-order valence-corrected chi connectivity index (χ0v) is 23.1. The normalized spacial score (nSPS) is 11.7. The van der Waals surface area contributed by atoms with Crippen LogP contribution < -0.4 is 9.97 Å². The third-order valence-corrected chi connectivity index (χ3v) is 7.71. The molecule has 0 unspecified atom stereocenters. The molecular weight excluding hydrogens is 588 g/mol. The van der Waals surface area contributed by atoms with Crippen LogP contribution in [0.15, 0.2) is 91.0 Å². The molecule has 2 aliphatic heterocycles. The van der Waals surface area contributed by atoms with Crippen LogP contribution in [0.3, 0.4) is 0 Å². The molecular formula is C33H18CuN8O. The molecule has 1 N–H and O–H groups in total. The summed E-state index contributed by atoms with van der Waals surface area (Å²) in [5.74, 6) is 1.93. The monoisotopic (exact) mass is 605 g/mol. The van der Waals surface area contributed by atoms with E-state index in [9.17, 15) is 5.11 Å². The minimum Gasteiger partial charge on any atom is -0.392 e. The van der Waals surface area contributed by atoms with Gasteiger partial charge in [0.15, 0.2) is 0 Å². The Morgan fingerprint density at radius 1 is 0.442 bits per heavy atom. The molecule has 4 aromatic carbocycles. The molecule has 0 spiro atoms. The average Bonchev–Trinajstić information content (AvgIpc) is 3.76. The molecule has 207 valence electrons. The van der Waals surface area contributed by atoms with E-state index in [1.54, 1.807) is 0 Å². The Balaban J connectivity index is 0.00000278. The van der Waals surface area contributed by atoms with Crippen molar-refractivity contribution in [3.8, 4) is 45.6 Å². The number of fused-ring (bicyclic) bond motifs is 20. The maximum absolute atomic E-state index is 10.2. The van der Waals surface area contributed by atoms with Crippen LogP contribution in [0.5, 0.6) is 0 Å². The molecule has 2 aliphatic rings. The molecule has 9 nitrogen and oxygen atoms in total. The van der Waals surface area contributed by atoms with Crippen LogP contribution in [0.1, 0.15) is 5.56 Å². The van der Waals surface area contributed by atoms with Gasteiger partial charge in [-0.05, 0) is 27.1 Å². The van der Waals surface area contributed by atoms with Crippen molar-refractivity contribution in [1.29, 1.82) is 0 Å². The molecule has 8 bridgehead atoms. The fourth-order valence-corrected chi connectivity index (χ4v) is 5.76. The molecule has 10 heteroatoms. The Labute approximate surface area is 254 Å². The smallest absolute Gasteiger partial charge is 0.392 e. The van der Waals surface area contributed by atoms with Crippen molar-refractivity contribution < 1.29 is 22.2 Å². The van der Waals surface area contributed by atoms with E-state index >= 15 is 0 Å². The number of rotatable bonds is 1. The molecule has 43 heavy (non-hydrogen) atoms. The summed E-state index contributed by atoms with van der Waals surface area (Å²) in [5, 5.41) is 13.6. The van der Waals surface area contributed by atoms with Gasteiger partial charge in [0.2, 0.25) is 0 Å². The van der Waals surface area contributed by atoms with Crippen LogP contribution in [0.25, 0.3) is 89.7 Å². The van der Waals surface area contributed by atoms with Crippen LogP contribution in [-0.2, 0) is 23.7 Å². The average molecular weight is 606 g/mol. The van der Waals surface area contributed by atoms with Crippen molar-refractivity contribution in [2.45, 2.75) is 6.61 Å². The summed E-state index contributed by atoms with van der Waals surface area (Å²) in [6.07, 6.45) is 0. The number of nitrogens with zero attached hydrogens (tertiary/aromatic N) is 8. The van der Waals surface area contributed by atoms with E-state index in [-0.39, 0.29) is 23.7 Å². The van der Waals surface area contributed by atoms with Crippen molar-refractivity contribution in [2.24, 2.45) is 0 Å². The fourth-order valence-electron chi connectivity index (χ4n) is 5.76. The summed E-state index contributed by atoms with van der Waals surface area (Å²) in [6.45, 7) is -0.167. The maximum Gasteiger partial charge on any atom is 2.00 e. The Morgan fingerprint density at radius 3 is 1.33 bits per heavy atom. The van der Waals surface area contributed by atoms with Gasteiger partial charge >= 0.3 is 17.1 Å². The standard InChI is InChI=1S/C33H18N8O.Cu/c42-16-17-8-7-15-24-25(17)33-40-31-23-14-6-5-13-22(23)29(38-31)36-27-19-10-2-1-9-18(19)26(34-27)35-28-20-11-3-4-12-21(20)30(37-28)39-32(24)41-33;/h1-15,42H,16H2;/q-2;+2. The third kappa shape index (κ3) is 3.81. The van der Waals surface area contributed by atoms with Gasteiger partial charge in [-0.25, -0.2) is 9.97 Å². The van der Waals surface area contributed by atoms with Crippen molar-refractivity contribution in [2.75, 3.05) is 0 Å². The first kappa shape index (κ1) is 25.4. The number of aliphatic hydroxyl groups is 1. The van der Waals surface area contributed by atoms with Gasteiger partial charge in [-0.3, -0.25) is 0 Å². The molecule has 0 atom stereocenters. The third-order valence-electron chi connectivity index (χ3n) is 7.71. The van der Waals surface area contributed by atoms with E-state index in [1.807, 2.05) is 91.0 Å². The van der Waals surface area contributed by atoms with Crippen molar-refractivity contribution in [3.63, 3.8) is 0 Å². The Morgan fingerprint density at radius 2 is 0.837 bits per heavy atom. The number of aromatic nitrogens is 8. The van der Waals surface area contributed by atoms with E-state index in [4.69, 9.17) is 39.9 Å². The van der Waals surface area contributed by atoms with Gasteiger partial charge in [0.05, 0.1) is 29.9 Å². The van der Waals surface area contributed by atoms with Crippen LogP contribution >= 0.6 is 0 Å². The Bertz CT molecular complexity index is 2430. The summed E-state index contributed by atoms with van der Waals surface area (Å²) in [6, 6.07) is 29.3. The van der Waals surface area contributed by atoms with Gasteiger partial charge in [-0.15, -0.1) is 0 Å². The number of aliphatic hydroxyl groups excluding tert-OH is 1. The number of benzene rings is 4. The van der Waals surface area contributed by atoms with Gasteiger partial charge in [0.1, 0.15) is 0 Å². The van der Waals surface area contributed by atoms with Gasteiger partial charge in [-0.2, -0.15) is 0 Å². The molecule has 5 heterocycles. The predicted octanol–water partition coefficient (Wildman–Crippen LogP) is 5.62. The number of hydrogen-bond acceptors (Lipinski definition) is 7. The topological polar surface area (TPSA) is 126 Å². The molecule has 0 fully saturated rings. The van der Waals surface area contributed by atoms with Crippen molar-refractivity contribution in [1.82, 2.24) is 39.9 Å². The van der Waals surface area contributed by atoms with Crippen LogP contribution in [0.2, 0.25) is 0 Å². The zero-order chi connectivity index (χ0) is 27.8. The van der Waals surface area contributed by atoms with E-state index in [0.717, 1.165) is 43.8 Å². The summed E-state index contributed by atoms with van der Waals surface area (Å²) in [5.41, 5.74) is 5.94. The molecule has 0 saturated carbocycles. The first-order valence-corrected chi connectivity index (χ1v) is 13.5. The maximum atomic E-state index is 10.2. The van der Waals surface area contributed by atoms with Crippen LogP contribution in [0, 0.1) is 0 Å².